The van der Waals surface area contributed by atoms with Gasteiger partial charge in [-0.1, -0.05) is 0 Å². The number of hydrogen-bond acceptors (Lipinski definition) is 5. The van der Waals surface area contributed by atoms with Gasteiger partial charge in [0.15, 0.2) is 9.84 Å². The number of carbonyl (C=O) groups excluding carboxylic acids is 1. The third-order valence-electron chi connectivity index (χ3n) is 3.27. The maximum absolute atomic E-state index is 12.1. The average molecular weight is 333 g/mol. The Labute approximate surface area is 136 Å². The fourth-order valence-corrected chi connectivity index (χ4v) is 2.58. The molecule has 1 amide bonds. The molecule has 1 aromatic heterocycles. The Morgan fingerprint density at radius 1 is 1.17 bits per heavy atom. The van der Waals surface area contributed by atoms with Gasteiger partial charge in [0.25, 0.3) is 5.91 Å². The summed E-state index contributed by atoms with van der Waals surface area (Å²) in [6.07, 6.45) is 2.82. The minimum absolute atomic E-state index is 0.193. The van der Waals surface area contributed by atoms with Crippen molar-refractivity contribution >= 4 is 21.6 Å². The second-order valence-corrected chi connectivity index (χ2v) is 7.41. The number of pyridine rings is 1. The van der Waals surface area contributed by atoms with Gasteiger partial charge in [-0.05, 0) is 42.0 Å². The van der Waals surface area contributed by atoms with Crippen LogP contribution < -0.4 is 10.2 Å². The predicted octanol–water partition coefficient (Wildman–Crippen LogP) is 1.48. The first-order valence-electron chi connectivity index (χ1n) is 6.98. The van der Waals surface area contributed by atoms with Crippen LogP contribution in [-0.2, 0) is 16.4 Å². The molecule has 0 saturated heterocycles. The molecule has 0 unspecified atom stereocenters. The molecule has 0 aliphatic heterocycles. The van der Waals surface area contributed by atoms with Gasteiger partial charge in [0.1, 0.15) is 5.82 Å². The molecule has 0 spiro atoms. The summed E-state index contributed by atoms with van der Waals surface area (Å²) in [6.45, 7) is 0.371. The molecule has 122 valence electrons. The number of sulfone groups is 1. The zero-order valence-corrected chi connectivity index (χ0v) is 14.1. The molecule has 0 atom stereocenters. The number of amides is 1. The Morgan fingerprint density at radius 2 is 1.83 bits per heavy atom. The molecule has 2 rings (SSSR count). The molecule has 0 fully saturated rings. The van der Waals surface area contributed by atoms with Gasteiger partial charge in [-0.25, -0.2) is 13.4 Å². The van der Waals surface area contributed by atoms with Gasteiger partial charge < -0.3 is 10.2 Å². The van der Waals surface area contributed by atoms with Gasteiger partial charge in [-0.2, -0.15) is 0 Å². The molecule has 0 aliphatic rings. The quantitative estimate of drug-likeness (QED) is 0.896. The second kappa shape index (κ2) is 6.78. The average Bonchev–Trinajstić information content (AvgIpc) is 2.52. The van der Waals surface area contributed by atoms with E-state index in [0.29, 0.717) is 12.1 Å². The molecule has 0 radical (unpaired) electrons. The van der Waals surface area contributed by atoms with Crippen LogP contribution in [0.15, 0.2) is 47.5 Å². The topological polar surface area (TPSA) is 79.4 Å². The standard InChI is InChI=1S/C16H19N3O3S/c1-19(2)15-10-12(8-9-17-15)11-18-16(20)13-4-6-14(7-5-13)23(3,21)22/h4-10H,11H2,1-3H3,(H,18,20). The maximum atomic E-state index is 12.1. The van der Waals surface area contributed by atoms with Crippen molar-refractivity contribution < 1.29 is 13.2 Å². The van der Waals surface area contributed by atoms with E-state index in [0.717, 1.165) is 17.6 Å². The summed E-state index contributed by atoms with van der Waals surface area (Å²) in [5.41, 5.74) is 1.35. The van der Waals surface area contributed by atoms with E-state index in [1.807, 2.05) is 31.1 Å². The van der Waals surface area contributed by atoms with E-state index in [9.17, 15) is 13.2 Å². The molecule has 6 nitrogen and oxygen atoms in total. The van der Waals surface area contributed by atoms with E-state index < -0.39 is 9.84 Å². The molecule has 0 saturated carbocycles. The van der Waals surface area contributed by atoms with Crippen molar-refractivity contribution in [2.45, 2.75) is 11.4 Å². The normalized spacial score (nSPS) is 11.1. The van der Waals surface area contributed by atoms with Gasteiger partial charge in [0.05, 0.1) is 4.90 Å². The van der Waals surface area contributed by atoms with E-state index in [2.05, 4.69) is 10.3 Å². The number of aromatic nitrogens is 1. The Kier molecular flexibility index (Phi) is 5.00. The van der Waals surface area contributed by atoms with Crippen LogP contribution in [0, 0.1) is 0 Å². The zero-order valence-electron chi connectivity index (χ0n) is 13.3. The van der Waals surface area contributed by atoms with Gasteiger partial charge in [-0.15, -0.1) is 0 Å². The highest BCUT2D eigenvalue weighted by molar-refractivity contribution is 7.90. The van der Waals surface area contributed by atoms with Crippen LogP contribution in [0.2, 0.25) is 0 Å². The van der Waals surface area contributed by atoms with Gasteiger partial charge >= 0.3 is 0 Å². The van der Waals surface area contributed by atoms with E-state index in [1.165, 1.54) is 24.3 Å². The van der Waals surface area contributed by atoms with Crippen LogP contribution >= 0.6 is 0 Å². The molecule has 1 aromatic carbocycles. The van der Waals surface area contributed by atoms with Crippen molar-refractivity contribution in [3.05, 3.63) is 53.7 Å². The van der Waals surface area contributed by atoms with Crippen LogP contribution in [0.1, 0.15) is 15.9 Å². The monoisotopic (exact) mass is 333 g/mol. The van der Waals surface area contributed by atoms with Gasteiger partial charge in [0, 0.05) is 38.7 Å². The number of hydrogen-bond donors (Lipinski definition) is 1. The molecule has 1 N–H and O–H groups in total. The van der Waals surface area contributed by atoms with Crippen molar-refractivity contribution in [1.82, 2.24) is 10.3 Å². The minimum Gasteiger partial charge on any atom is -0.363 e. The predicted molar refractivity (Wildman–Crippen MR) is 89.3 cm³/mol. The number of rotatable bonds is 5. The highest BCUT2D eigenvalue weighted by atomic mass is 32.2. The van der Waals surface area contributed by atoms with Crippen molar-refractivity contribution in [3.8, 4) is 0 Å². The van der Waals surface area contributed by atoms with Crippen LogP contribution in [0.4, 0.5) is 5.82 Å². The van der Waals surface area contributed by atoms with Crippen molar-refractivity contribution in [2.24, 2.45) is 0 Å². The highest BCUT2D eigenvalue weighted by Gasteiger charge is 2.10. The Balaban J connectivity index is 2.04. The Bertz CT molecular complexity index is 800. The van der Waals surface area contributed by atoms with E-state index in [-0.39, 0.29) is 10.8 Å². The number of nitrogens with one attached hydrogen (secondary N) is 1. The molecular weight excluding hydrogens is 314 g/mol. The Hall–Kier alpha value is -2.41. The maximum Gasteiger partial charge on any atom is 0.251 e. The molecular formula is C16H19N3O3S. The smallest absolute Gasteiger partial charge is 0.251 e. The molecule has 0 aliphatic carbocycles. The number of anilines is 1. The van der Waals surface area contributed by atoms with Crippen LogP contribution in [-0.4, -0.2) is 39.7 Å². The number of carbonyl (C=O) groups is 1. The summed E-state index contributed by atoms with van der Waals surface area (Å²) in [6, 6.07) is 9.60. The summed E-state index contributed by atoms with van der Waals surface area (Å²) in [5, 5.41) is 2.80. The van der Waals surface area contributed by atoms with E-state index in [4.69, 9.17) is 0 Å². The van der Waals surface area contributed by atoms with Crippen LogP contribution in [0.25, 0.3) is 0 Å². The lowest BCUT2D eigenvalue weighted by Crippen LogP contribution is -2.23. The minimum atomic E-state index is -3.26. The summed E-state index contributed by atoms with van der Waals surface area (Å²) < 4.78 is 22.8. The molecule has 1 heterocycles. The van der Waals surface area contributed by atoms with E-state index >= 15 is 0 Å². The lowest BCUT2D eigenvalue weighted by molar-refractivity contribution is 0.0951. The molecule has 7 heteroatoms. The SMILES string of the molecule is CN(C)c1cc(CNC(=O)c2ccc(S(C)(=O)=O)cc2)ccn1. The summed E-state index contributed by atoms with van der Waals surface area (Å²) in [7, 11) is 0.537. The number of benzene rings is 1. The van der Waals surface area contributed by atoms with Crippen molar-refractivity contribution in [3.63, 3.8) is 0 Å². The lowest BCUT2D eigenvalue weighted by Gasteiger charge is -2.12. The molecule has 2 aromatic rings. The first kappa shape index (κ1) is 17.0. The van der Waals surface area contributed by atoms with Gasteiger partial charge in [0.2, 0.25) is 0 Å². The van der Waals surface area contributed by atoms with Crippen molar-refractivity contribution in [1.29, 1.82) is 0 Å². The highest BCUT2D eigenvalue weighted by Crippen LogP contribution is 2.12. The summed E-state index contributed by atoms with van der Waals surface area (Å²) in [5.74, 6) is 0.558. The largest absolute Gasteiger partial charge is 0.363 e. The van der Waals surface area contributed by atoms with Crippen LogP contribution in [0.5, 0.6) is 0 Å². The fraction of sp³-hybridized carbons (Fsp3) is 0.250. The Morgan fingerprint density at radius 3 is 2.39 bits per heavy atom. The first-order valence-corrected chi connectivity index (χ1v) is 8.87. The number of nitrogens with zero attached hydrogens (tertiary/aromatic N) is 2. The fourth-order valence-electron chi connectivity index (χ4n) is 1.95. The third kappa shape index (κ3) is 4.53. The first-order chi connectivity index (χ1) is 10.8. The molecule has 0 bridgehead atoms. The second-order valence-electron chi connectivity index (χ2n) is 5.40. The van der Waals surface area contributed by atoms with E-state index in [1.54, 1.807) is 6.20 Å². The molecule has 23 heavy (non-hydrogen) atoms. The van der Waals surface area contributed by atoms with Crippen LogP contribution in [0.3, 0.4) is 0 Å². The summed E-state index contributed by atoms with van der Waals surface area (Å²) >= 11 is 0. The van der Waals surface area contributed by atoms with Gasteiger partial charge in [-0.3, -0.25) is 4.79 Å². The lowest BCUT2D eigenvalue weighted by atomic mass is 10.2. The third-order valence-corrected chi connectivity index (χ3v) is 4.39. The van der Waals surface area contributed by atoms with Crippen molar-refractivity contribution in [2.75, 3.05) is 25.3 Å². The zero-order chi connectivity index (χ0) is 17.0. The summed E-state index contributed by atoms with van der Waals surface area (Å²) in [4.78, 5) is 18.4.